The number of aromatic amines is 1. The highest BCUT2D eigenvalue weighted by Crippen LogP contribution is 2.28. The lowest BCUT2D eigenvalue weighted by Crippen LogP contribution is -2.19. The lowest BCUT2D eigenvalue weighted by atomic mass is 9.99. The molecule has 2 heterocycles. The van der Waals surface area contributed by atoms with E-state index in [1.165, 1.54) is 16.5 Å². The Morgan fingerprint density at radius 1 is 1.33 bits per heavy atom. The molecule has 1 aromatic carbocycles. The van der Waals surface area contributed by atoms with Crippen molar-refractivity contribution in [2.75, 3.05) is 11.6 Å². The van der Waals surface area contributed by atoms with Crippen LogP contribution >= 0.6 is 23.4 Å². The second-order valence-electron chi connectivity index (χ2n) is 4.53. The van der Waals surface area contributed by atoms with Gasteiger partial charge >= 0.3 is 0 Å². The average molecular weight is 280 g/mol. The molecular weight excluding hydrogens is 266 g/mol. The van der Waals surface area contributed by atoms with E-state index in [0.717, 1.165) is 35.4 Å². The first kappa shape index (κ1) is 12.1. The van der Waals surface area contributed by atoms with Crippen molar-refractivity contribution in [1.82, 2.24) is 4.98 Å². The van der Waals surface area contributed by atoms with Crippen molar-refractivity contribution in [2.24, 2.45) is 0 Å². The lowest BCUT2D eigenvalue weighted by molar-refractivity contribution is 1.06. The highest BCUT2D eigenvalue weighted by molar-refractivity contribution is 7.98. The molecule has 0 aliphatic carbocycles. The van der Waals surface area contributed by atoms with E-state index in [0.29, 0.717) is 5.88 Å². The van der Waals surface area contributed by atoms with Crippen molar-refractivity contribution in [2.45, 2.75) is 18.6 Å². The molecule has 0 spiro atoms. The van der Waals surface area contributed by atoms with E-state index in [1.807, 2.05) is 23.9 Å². The number of thioether (sulfide) groups is 1. The largest absolute Gasteiger partial charge is 0.322 e. The minimum Gasteiger partial charge on any atom is -0.322 e. The van der Waals surface area contributed by atoms with Crippen LogP contribution in [0.1, 0.15) is 16.7 Å². The number of H-pyrrole nitrogens is 1. The fourth-order valence-corrected chi connectivity index (χ4v) is 3.72. The van der Waals surface area contributed by atoms with Gasteiger partial charge in [-0.2, -0.15) is 11.8 Å². The molecule has 1 N–H and O–H groups in total. The summed E-state index contributed by atoms with van der Waals surface area (Å²) in [5.41, 5.74) is 4.47. The van der Waals surface area contributed by atoms with Crippen LogP contribution in [0, 0.1) is 0 Å². The van der Waals surface area contributed by atoms with Crippen LogP contribution in [-0.2, 0) is 18.6 Å². The number of rotatable bonds is 2. The van der Waals surface area contributed by atoms with Gasteiger partial charge in [0.15, 0.2) is 0 Å². The highest BCUT2D eigenvalue weighted by atomic mass is 35.5. The number of halogens is 1. The molecule has 1 aliphatic rings. The topological polar surface area (TPSA) is 32.9 Å². The maximum absolute atomic E-state index is 12.0. The van der Waals surface area contributed by atoms with Gasteiger partial charge < -0.3 is 4.98 Å². The Morgan fingerprint density at radius 2 is 2.22 bits per heavy atom. The standard InChI is InChI=1S/C14H14ClNOS/c15-5-3-9-1-2-13-11(7-9)10-4-6-18-8-12(10)14(17)16-13/h1-2,7H,3-6,8H2,(H,16,17). The van der Waals surface area contributed by atoms with Crippen molar-refractivity contribution in [1.29, 1.82) is 0 Å². The molecular formula is C14H14ClNOS. The van der Waals surface area contributed by atoms with Crippen LogP contribution in [-0.4, -0.2) is 16.6 Å². The van der Waals surface area contributed by atoms with Gasteiger partial charge in [0.25, 0.3) is 5.56 Å². The predicted octanol–water partition coefficient (Wildman–Crippen LogP) is 3.10. The van der Waals surface area contributed by atoms with Crippen LogP contribution in [0.25, 0.3) is 10.9 Å². The molecule has 0 unspecified atom stereocenters. The minimum absolute atomic E-state index is 0.0785. The quantitative estimate of drug-likeness (QED) is 0.857. The Kier molecular flexibility index (Phi) is 3.35. The van der Waals surface area contributed by atoms with Gasteiger partial charge in [-0.3, -0.25) is 4.79 Å². The molecule has 3 rings (SSSR count). The summed E-state index contributed by atoms with van der Waals surface area (Å²) in [5.74, 6) is 2.57. The normalized spacial score (nSPS) is 14.7. The lowest BCUT2D eigenvalue weighted by Gasteiger charge is -2.17. The van der Waals surface area contributed by atoms with Gasteiger partial charge in [0.2, 0.25) is 0 Å². The van der Waals surface area contributed by atoms with E-state index in [4.69, 9.17) is 11.6 Å². The van der Waals surface area contributed by atoms with Gasteiger partial charge in [-0.15, -0.1) is 11.6 Å². The van der Waals surface area contributed by atoms with Gasteiger partial charge in [0, 0.05) is 28.1 Å². The van der Waals surface area contributed by atoms with Crippen molar-refractivity contribution in [3.05, 3.63) is 45.2 Å². The molecule has 0 bridgehead atoms. The summed E-state index contributed by atoms with van der Waals surface area (Å²) in [4.78, 5) is 15.0. The molecule has 0 fully saturated rings. The van der Waals surface area contributed by atoms with Gasteiger partial charge in [0.1, 0.15) is 0 Å². The Hall–Kier alpha value is -0.930. The van der Waals surface area contributed by atoms with Crippen LogP contribution in [0.3, 0.4) is 0 Å². The molecule has 0 saturated heterocycles. The number of hydrogen-bond donors (Lipinski definition) is 1. The molecule has 1 aliphatic heterocycles. The first-order chi connectivity index (χ1) is 8.79. The molecule has 4 heteroatoms. The van der Waals surface area contributed by atoms with Crippen molar-refractivity contribution < 1.29 is 0 Å². The predicted molar refractivity (Wildman–Crippen MR) is 78.9 cm³/mol. The highest BCUT2D eigenvalue weighted by Gasteiger charge is 2.16. The third-order valence-corrected chi connectivity index (χ3v) is 4.60. The van der Waals surface area contributed by atoms with E-state index in [2.05, 4.69) is 11.1 Å². The summed E-state index contributed by atoms with van der Waals surface area (Å²) < 4.78 is 0. The molecule has 1 aromatic heterocycles. The van der Waals surface area contributed by atoms with Gasteiger partial charge in [-0.25, -0.2) is 0 Å². The third kappa shape index (κ3) is 2.06. The summed E-state index contributed by atoms with van der Waals surface area (Å²) in [6.07, 6.45) is 1.87. The maximum atomic E-state index is 12.0. The van der Waals surface area contributed by atoms with Crippen LogP contribution < -0.4 is 5.56 Å². The molecule has 18 heavy (non-hydrogen) atoms. The second-order valence-corrected chi connectivity index (χ2v) is 6.02. The molecule has 2 aromatic rings. The number of fused-ring (bicyclic) bond motifs is 3. The first-order valence-electron chi connectivity index (χ1n) is 6.10. The van der Waals surface area contributed by atoms with Crippen molar-refractivity contribution in [3.63, 3.8) is 0 Å². The first-order valence-corrected chi connectivity index (χ1v) is 7.79. The van der Waals surface area contributed by atoms with Crippen LogP contribution in [0.15, 0.2) is 23.0 Å². The molecule has 0 atom stereocenters. The Bertz CT molecular complexity index is 650. The zero-order valence-corrected chi connectivity index (χ0v) is 11.5. The minimum atomic E-state index is 0.0785. The van der Waals surface area contributed by atoms with E-state index in [9.17, 15) is 4.79 Å². The Morgan fingerprint density at radius 3 is 3.06 bits per heavy atom. The summed E-state index contributed by atoms with van der Waals surface area (Å²) in [6.45, 7) is 0. The van der Waals surface area contributed by atoms with E-state index >= 15 is 0 Å². The zero-order chi connectivity index (χ0) is 12.5. The fourth-order valence-electron chi connectivity index (χ4n) is 2.50. The smallest absolute Gasteiger partial charge is 0.252 e. The molecule has 0 amide bonds. The second kappa shape index (κ2) is 4.98. The zero-order valence-electron chi connectivity index (χ0n) is 9.96. The monoisotopic (exact) mass is 279 g/mol. The number of nitrogens with one attached hydrogen (secondary N) is 1. The number of aryl methyl sites for hydroxylation is 2. The van der Waals surface area contributed by atoms with E-state index in [-0.39, 0.29) is 5.56 Å². The molecule has 0 saturated carbocycles. The van der Waals surface area contributed by atoms with E-state index < -0.39 is 0 Å². The number of benzene rings is 1. The summed E-state index contributed by atoms with van der Waals surface area (Å²) in [6, 6.07) is 6.23. The SMILES string of the molecule is O=c1[nH]c2ccc(CCCl)cc2c2c1CSCC2. The van der Waals surface area contributed by atoms with Crippen molar-refractivity contribution in [3.8, 4) is 0 Å². The maximum Gasteiger partial charge on any atom is 0.252 e. The summed E-state index contributed by atoms with van der Waals surface area (Å²) in [5, 5.41) is 1.20. The third-order valence-electron chi connectivity index (χ3n) is 3.42. The number of hydrogen-bond acceptors (Lipinski definition) is 2. The van der Waals surface area contributed by atoms with E-state index in [1.54, 1.807) is 0 Å². The van der Waals surface area contributed by atoms with Gasteiger partial charge in [-0.05, 0) is 41.9 Å². The molecule has 94 valence electrons. The van der Waals surface area contributed by atoms with Crippen molar-refractivity contribution >= 4 is 34.3 Å². The number of aromatic nitrogens is 1. The molecule has 2 nitrogen and oxygen atoms in total. The average Bonchev–Trinajstić information content (AvgIpc) is 2.40. The number of alkyl halides is 1. The Labute approximate surface area is 115 Å². The van der Waals surface area contributed by atoms with Crippen LogP contribution in [0.4, 0.5) is 0 Å². The summed E-state index contributed by atoms with van der Waals surface area (Å²) >= 11 is 7.63. The fraction of sp³-hybridized carbons (Fsp3) is 0.357. The molecule has 0 radical (unpaired) electrons. The Balaban J connectivity index is 2.26. The number of pyridine rings is 1. The summed E-state index contributed by atoms with van der Waals surface area (Å²) in [7, 11) is 0. The van der Waals surface area contributed by atoms with Gasteiger partial charge in [-0.1, -0.05) is 6.07 Å². The van der Waals surface area contributed by atoms with Crippen LogP contribution in [0.5, 0.6) is 0 Å². The van der Waals surface area contributed by atoms with Gasteiger partial charge in [0.05, 0.1) is 0 Å². The van der Waals surface area contributed by atoms with Crippen LogP contribution in [0.2, 0.25) is 0 Å².